The minimum atomic E-state index is -0.130. The Morgan fingerprint density at radius 3 is 2.67 bits per heavy atom. The van der Waals surface area contributed by atoms with Gasteiger partial charge in [-0.2, -0.15) is 0 Å². The van der Waals surface area contributed by atoms with E-state index in [1.807, 2.05) is 17.5 Å². The van der Waals surface area contributed by atoms with E-state index in [2.05, 4.69) is 15.3 Å². The van der Waals surface area contributed by atoms with Gasteiger partial charge in [0.15, 0.2) is 0 Å². The highest BCUT2D eigenvalue weighted by Crippen LogP contribution is 2.44. The summed E-state index contributed by atoms with van der Waals surface area (Å²) in [4.78, 5) is 21.9. The van der Waals surface area contributed by atoms with Crippen molar-refractivity contribution in [3.05, 3.63) is 40.0 Å². The summed E-state index contributed by atoms with van der Waals surface area (Å²) in [6, 6.07) is 3.87. The molecule has 3 fully saturated rings. The van der Waals surface area contributed by atoms with Gasteiger partial charge in [-0.15, -0.1) is 11.3 Å². The Kier molecular flexibility index (Phi) is 4.60. The van der Waals surface area contributed by atoms with Crippen LogP contribution in [0.3, 0.4) is 0 Å². The lowest BCUT2D eigenvalue weighted by atomic mass is 10.1. The number of nitrogens with one attached hydrogen (secondary N) is 1. The van der Waals surface area contributed by atoms with Gasteiger partial charge in [-0.3, -0.25) is 4.79 Å². The summed E-state index contributed by atoms with van der Waals surface area (Å²) in [6.45, 7) is 0.723. The second-order valence-corrected chi connectivity index (χ2v) is 9.12. The van der Waals surface area contributed by atoms with Gasteiger partial charge < -0.3 is 10.1 Å². The maximum atomic E-state index is 12.9. The largest absolute Gasteiger partial charge is 0.477 e. The Bertz CT molecular complexity index is 811. The van der Waals surface area contributed by atoms with Gasteiger partial charge in [-0.1, -0.05) is 18.9 Å². The molecule has 2 aromatic rings. The predicted octanol–water partition coefficient (Wildman–Crippen LogP) is 4.48. The van der Waals surface area contributed by atoms with Crippen molar-refractivity contribution < 1.29 is 9.53 Å². The van der Waals surface area contributed by atoms with Crippen molar-refractivity contribution in [1.82, 2.24) is 15.3 Å². The van der Waals surface area contributed by atoms with Crippen LogP contribution < -0.4 is 10.1 Å². The van der Waals surface area contributed by atoms with Crippen molar-refractivity contribution in [3.63, 3.8) is 0 Å². The number of rotatable bonds is 9. The molecule has 0 aromatic carbocycles. The average Bonchev–Trinajstić information content (AvgIpc) is 3.54. The van der Waals surface area contributed by atoms with Crippen LogP contribution in [0.25, 0.3) is 0 Å². The zero-order valence-electron chi connectivity index (χ0n) is 15.4. The van der Waals surface area contributed by atoms with Crippen molar-refractivity contribution in [2.75, 3.05) is 6.61 Å². The monoisotopic (exact) mass is 383 g/mol. The molecule has 1 amide bonds. The average molecular weight is 384 g/mol. The Morgan fingerprint density at radius 2 is 2.00 bits per heavy atom. The SMILES string of the molecule is O=C(NC(CC1CC1)c1nccs1)c1ccc(C2CC2)c(OCC2CC2)n1. The highest BCUT2D eigenvalue weighted by atomic mass is 32.1. The third-order valence-electron chi connectivity index (χ3n) is 5.61. The van der Waals surface area contributed by atoms with Crippen LogP contribution in [0, 0.1) is 11.8 Å². The Hall–Kier alpha value is -1.95. The summed E-state index contributed by atoms with van der Waals surface area (Å²) in [5.74, 6) is 2.48. The molecule has 0 spiro atoms. The van der Waals surface area contributed by atoms with Crippen LogP contribution in [-0.2, 0) is 0 Å². The highest BCUT2D eigenvalue weighted by Gasteiger charge is 2.31. The fourth-order valence-electron chi connectivity index (χ4n) is 3.43. The number of ether oxygens (including phenoxy) is 1. The lowest BCUT2D eigenvalue weighted by Gasteiger charge is -2.17. The Balaban J connectivity index is 1.32. The summed E-state index contributed by atoms with van der Waals surface area (Å²) < 4.78 is 6.00. The molecular weight excluding hydrogens is 358 g/mol. The molecule has 3 aliphatic rings. The number of hydrogen-bond acceptors (Lipinski definition) is 5. The molecule has 0 saturated heterocycles. The molecule has 5 nitrogen and oxygen atoms in total. The van der Waals surface area contributed by atoms with Gasteiger partial charge in [0.25, 0.3) is 5.91 Å². The second-order valence-electron chi connectivity index (χ2n) is 8.19. The first-order valence-corrected chi connectivity index (χ1v) is 11.0. The standard InChI is InChI=1S/C21H25N3O2S/c25-19(23-18(11-13-1-2-13)21-22-9-10-27-21)17-8-7-16(15-5-6-15)20(24-17)26-12-14-3-4-14/h7-10,13-15,18H,1-6,11-12H2,(H,23,25). The molecule has 6 heteroatoms. The van der Waals surface area contributed by atoms with Gasteiger partial charge in [-0.25, -0.2) is 9.97 Å². The quantitative estimate of drug-likeness (QED) is 0.694. The van der Waals surface area contributed by atoms with Gasteiger partial charge in [0.1, 0.15) is 10.7 Å². The molecule has 2 aromatic heterocycles. The molecule has 27 heavy (non-hydrogen) atoms. The van der Waals surface area contributed by atoms with Crippen LogP contribution >= 0.6 is 11.3 Å². The van der Waals surface area contributed by atoms with Crippen LogP contribution in [0.4, 0.5) is 0 Å². The number of thiazole rings is 1. The van der Waals surface area contributed by atoms with Crippen molar-refractivity contribution in [3.8, 4) is 5.88 Å². The topological polar surface area (TPSA) is 64.1 Å². The summed E-state index contributed by atoms with van der Waals surface area (Å²) in [5.41, 5.74) is 1.62. The summed E-state index contributed by atoms with van der Waals surface area (Å²) >= 11 is 1.60. The van der Waals surface area contributed by atoms with E-state index >= 15 is 0 Å². The first kappa shape index (κ1) is 17.2. The van der Waals surface area contributed by atoms with Gasteiger partial charge >= 0.3 is 0 Å². The van der Waals surface area contributed by atoms with Gasteiger partial charge in [-0.05, 0) is 55.9 Å². The molecule has 1 N–H and O–H groups in total. The molecule has 3 saturated carbocycles. The van der Waals surface area contributed by atoms with Crippen molar-refractivity contribution in [1.29, 1.82) is 0 Å². The molecule has 0 bridgehead atoms. The lowest BCUT2D eigenvalue weighted by Crippen LogP contribution is -2.29. The maximum Gasteiger partial charge on any atom is 0.270 e. The summed E-state index contributed by atoms with van der Waals surface area (Å²) in [5, 5.41) is 6.11. The predicted molar refractivity (Wildman–Crippen MR) is 104 cm³/mol. The zero-order valence-corrected chi connectivity index (χ0v) is 16.2. The second kappa shape index (κ2) is 7.23. The number of pyridine rings is 1. The number of carbonyl (C=O) groups excluding carboxylic acids is 1. The fraction of sp³-hybridized carbons (Fsp3) is 0.571. The van der Waals surface area contributed by atoms with E-state index in [0.717, 1.165) is 18.0 Å². The van der Waals surface area contributed by atoms with E-state index in [4.69, 9.17) is 4.74 Å². The van der Waals surface area contributed by atoms with Crippen LogP contribution in [-0.4, -0.2) is 22.5 Å². The van der Waals surface area contributed by atoms with E-state index in [1.165, 1.54) is 44.1 Å². The summed E-state index contributed by atoms with van der Waals surface area (Å²) in [7, 11) is 0. The van der Waals surface area contributed by atoms with Crippen molar-refractivity contribution >= 4 is 17.2 Å². The molecule has 0 radical (unpaired) electrons. The molecule has 1 unspecified atom stereocenters. The van der Waals surface area contributed by atoms with E-state index in [9.17, 15) is 4.79 Å². The third-order valence-corrected chi connectivity index (χ3v) is 6.50. The van der Waals surface area contributed by atoms with Gasteiger partial charge in [0.05, 0.1) is 12.6 Å². The van der Waals surface area contributed by atoms with Crippen LogP contribution in [0.15, 0.2) is 23.7 Å². The molecule has 1 atom stereocenters. The number of nitrogens with zero attached hydrogens (tertiary/aromatic N) is 2. The number of carbonyl (C=O) groups is 1. The number of hydrogen-bond donors (Lipinski definition) is 1. The van der Waals surface area contributed by atoms with Crippen molar-refractivity contribution in [2.24, 2.45) is 11.8 Å². The zero-order chi connectivity index (χ0) is 18.2. The Labute approximate surface area is 163 Å². The first-order chi connectivity index (χ1) is 13.3. The summed E-state index contributed by atoms with van der Waals surface area (Å²) in [6.07, 6.45) is 10.2. The fourth-order valence-corrected chi connectivity index (χ4v) is 4.13. The van der Waals surface area contributed by atoms with Gasteiger partial charge in [0.2, 0.25) is 5.88 Å². The van der Waals surface area contributed by atoms with Crippen molar-refractivity contribution in [2.45, 2.75) is 56.9 Å². The molecule has 142 valence electrons. The number of aromatic nitrogens is 2. The molecule has 0 aliphatic heterocycles. The van der Waals surface area contributed by atoms with Crippen LogP contribution in [0.2, 0.25) is 0 Å². The number of amides is 1. The molecule has 5 rings (SSSR count). The minimum absolute atomic E-state index is 0.0225. The minimum Gasteiger partial charge on any atom is -0.477 e. The van der Waals surface area contributed by atoms with E-state index in [0.29, 0.717) is 29.3 Å². The lowest BCUT2D eigenvalue weighted by molar-refractivity contribution is 0.0927. The van der Waals surface area contributed by atoms with E-state index in [1.54, 1.807) is 17.5 Å². The third kappa shape index (κ3) is 4.32. The molecule has 2 heterocycles. The van der Waals surface area contributed by atoms with Crippen LogP contribution in [0.5, 0.6) is 5.88 Å². The smallest absolute Gasteiger partial charge is 0.270 e. The first-order valence-electron chi connectivity index (χ1n) is 10.1. The maximum absolute atomic E-state index is 12.9. The van der Waals surface area contributed by atoms with Crippen LogP contribution in [0.1, 0.15) is 78.0 Å². The normalized spacial score (nSPS) is 20.3. The molecular formula is C21H25N3O2S. The highest BCUT2D eigenvalue weighted by molar-refractivity contribution is 7.09. The van der Waals surface area contributed by atoms with E-state index < -0.39 is 0 Å². The van der Waals surface area contributed by atoms with E-state index in [-0.39, 0.29) is 11.9 Å². The molecule has 3 aliphatic carbocycles. The Morgan fingerprint density at radius 1 is 1.19 bits per heavy atom. The van der Waals surface area contributed by atoms with Gasteiger partial charge in [0, 0.05) is 17.1 Å².